The van der Waals surface area contributed by atoms with E-state index in [9.17, 15) is 4.79 Å². The maximum atomic E-state index is 11.9. The maximum Gasteiger partial charge on any atom is 0.377 e. The third kappa shape index (κ3) is 5.52. The molecule has 6 nitrogen and oxygen atoms in total. The number of hydrazine groups is 1. The van der Waals surface area contributed by atoms with Gasteiger partial charge in [0.25, 0.3) is 5.84 Å². The lowest BCUT2D eigenvalue weighted by Gasteiger charge is -2.11. The summed E-state index contributed by atoms with van der Waals surface area (Å²) in [5, 5.41) is 4.66. The maximum absolute atomic E-state index is 11.9. The fourth-order valence-electron chi connectivity index (χ4n) is 1.62. The molecule has 0 bridgehead atoms. The number of carbonyl (C=O) groups is 1. The van der Waals surface area contributed by atoms with Crippen LogP contribution in [0.2, 0.25) is 5.02 Å². The first-order valence-electron chi connectivity index (χ1n) is 7.02. The van der Waals surface area contributed by atoms with Gasteiger partial charge in [0.1, 0.15) is 0 Å². The highest BCUT2D eigenvalue weighted by atomic mass is 35.5. The minimum Gasteiger partial charge on any atom is -0.460 e. The van der Waals surface area contributed by atoms with Crippen LogP contribution in [-0.2, 0) is 9.53 Å². The largest absolute Gasteiger partial charge is 0.460 e. The molecule has 0 aromatic heterocycles. The summed E-state index contributed by atoms with van der Waals surface area (Å²) in [5.74, 6) is -0.567. The highest BCUT2D eigenvalue weighted by molar-refractivity contribution is 6.35. The van der Waals surface area contributed by atoms with Gasteiger partial charge in [-0.05, 0) is 43.3 Å². The summed E-state index contributed by atoms with van der Waals surface area (Å²) in [4.78, 5) is 11.9. The highest BCUT2D eigenvalue weighted by Gasteiger charge is 2.12. The first kappa shape index (κ1) is 16.6. The van der Waals surface area contributed by atoms with Crippen LogP contribution in [0.15, 0.2) is 59.7 Å². The third-order valence-electron chi connectivity index (χ3n) is 2.71. The molecule has 0 heterocycles. The summed E-state index contributed by atoms with van der Waals surface area (Å²) >= 11 is 5.83. The molecular formula is C16H17ClN4O2. The van der Waals surface area contributed by atoms with Gasteiger partial charge >= 0.3 is 5.97 Å². The number of ether oxygens (including phenoxy) is 1. The van der Waals surface area contributed by atoms with E-state index in [1.165, 1.54) is 0 Å². The number of para-hydroxylation sites is 1. The third-order valence-corrected chi connectivity index (χ3v) is 2.96. The number of nitrogens with zero attached hydrogens (tertiary/aromatic N) is 1. The summed E-state index contributed by atoms with van der Waals surface area (Å²) in [6, 6.07) is 16.3. The number of hydrogen-bond donors (Lipinski definition) is 3. The Bertz CT molecular complexity index is 660. The minimum absolute atomic E-state index is 0.00523. The Labute approximate surface area is 139 Å². The van der Waals surface area contributed by atoms with Crippen molar-refractivity contribution < 1.29 is 9.53 Å². The van der Waals surface area contributed by atoms with E-state index < -0.39 is 5.97 Å². The number of anilines is 2. The Morgan fingerprint density at radius 1 is 1.09 bits per heavy atom. The van der Waals surface area contributed by atoms with Gasteiger partial charge in [0, 0.05) is 5.02 Å². The average molecular weight is 333 g/mol. The number of benzene rings is 2. The van der Waals surface area contributed by atoms with E-state index in [0.29, 0.717) is 5.02 Å². The van der Waals surface area contributed by atoms with E-state index >= 15 is 0 Å². The van der Waals surface area contributed by atoms with E-state index in [0.717, 1.165) is 11.4 Å². The fraction of sp³-hybridized carbons (Fsp3) is 0.125. The van der Waals surface area contributed by atoms with Crippen molar-refractivity contribution in [3.63, 3.8) is 0 Å². The van der Waals surface area contributed by atoms with Gasteiger partial charge in [-0.15, -0.1) is 5.10 Å². The molecule has 0 spiro atoms. The van der Waals surface area contributed by atoms with Crippen molar-refractivity contribution in [1.82, 2.24) is 5.43 Å². The van der Waals surface area contributed by atoms with Gasteiger partial charge in [-0.3, -0.25) is 16.3 Å². The zero-order valence-electron chi connectivity index (χ0n) is 12.5. The number of halogens is 1. The Balaban J connectivity index is 2.04. The lowest BCUT2D eigenvalue weighted by atomic mass is 10.3. The van der Waals surface area contributed by atoms with Gasteiger partial charge in [-0.2, -0.15) is 0 Å². The van der Waals surface area contributed by atoms with Crippen LogP contribution in [0.1, 0.15) is 6.92 Å². The summed E-state index contributed by atoms with van der Waals surface area (Å²) in [6.45, 7) is 1.98. The zero-order chi connectivity index (χ0) is 16.5. The second kappa shape index (κ2) is 8.65. The van der Waals surface area contributed by atoms with Crippen LogP contribution in [0, 0.1) is 0 Å². The van der Waals surface area contributed by atoms with Crippen molar-refractivity contribution in [2.24, 2.45) is 5.10 Å². The van der Waals surface area contributed by atoms with Crippen molar-refractivity contribution in [2.75, 3.05) is 17.5 Å². The van der Waals surface area contributed by atoms with Gasteiger partial charge < -0.3 is 4.74 Å². The standard InChI is InChI=1S/C16H17ClN4O2/c1-2-23-16(22)15(20-18-13-6-4-3-5-7-13)21-19-14-10-8-12(17)9-11-14/h3-11,18-19H,2H2,1H3,(H,20,21). The average Bonchev–Trinajstić information content (AvgIpc) is 2.57. The first-order chi connectivity index (χ1) is 11.2. The van der Waals surface area contributed by atoms with Gasteiger partial charge in [0.15, 0.2) is 0 Å². The number of hydrogen-bond acceptors (Lipinski definition) is 5. The molecule has 2 aromatic carbocycles. The fourth-order valence-corrected chi connectivity index (χ4v) is 1.75. The Morgan fingerprint density at radius 2 is 1.78 bits per heavy atom. The van der Waals surface area contributed by atoms with E-state index in [2.05, 4.69) is 21.4 Å². The number of esters is 1. The molecule has 0 aliphatic rings. The molecule has 23 heavy (non-hydrogen) atoms. The number of amidine groups is 1. The number of hydrazone groups is 1. The second-order valence-electron chi connectivity index (χ2n) is 4.42. The van der Waals surface area contributed by atoms with Crippen molar-refractivity contribution in [3.8, 4) is 0 Å². The van der Waals surface area contributed by atoms with E-state index in [1.807, 2.05) is 30.3 Å². The summed E-state index contributed by atoms with van der Waals surface area (Å²) in [6.07, 6.45) is 0. The van der Waals surface area contributed by atoms with Gasteiger partial charge in [0.2, 0.25) is 0 Å². The summed E-state index contributed by atoms with van der Waals surface area (Å²) in [7, 11) is 0. The predicted molar refractivity (Wildman–Crippen MR) is 92.3 cm³/mol. The highest BCUT2D eigenvalue weighted by Crippen LogP contribution is 2.12. The lowest BCUT2D eigenvalue weighted by molar-refractivity contribution is -0.135. The van der Waals surface area contributed by atoms with E-state index in [4.69, 9.17) is 16.3 Å². The lowest BCUT2D eigenvalue weighted by Crippen LogP contribution is -2.37. The smallest absolute Gasteiger partial charge is 0.377 e. The Hall–Kier alpha value is -2.73. The molecule has 2 aromatic rings. The Kier molecular flexibility index (Phi) is 6.26. The SMILES string of the molecule is CCOC(=O)/C(=N\Nc1ccccc1)NNc1ccc(Cl)cc1. The molecule has 0 radical (unpaired) electrons. The zero-order valence-corrected chi connectivity index (χ0v) is 13.3. The van der Waals surface area contributed by atoms with Crippen LogP contribution in [0.5, 0.6) is 0 Å². The first-order valence-corrected chi connectivity index (χ1v) is 7.40. The van der Waals surface area contributed by atoms with Crippen LogP contribution >= 0.6 is 11.6 Å². The van der Waals surface area contributed by atoms with Crippen molar-refractivity contribution in [2.45, 2.75) is 6.92 Å². The van der Waals surface area contributed by atoms with Crippen molar-refractivity contribution in [1.29, 1.82) is 0 Å². The molecule has 0 aliphatic heterocycles. The topological polar surface area (TPSA) is 74.8 Å². The molecule has 0 aliphatic carbocycles. The molecule has 0 saturated carbocycles. The molecular weight excluding hydrogens is 316 g/mol. The normalized spacial score (nSPS) is 10.8. The quantitative estimate of drug-likeness (QED) is 0.339. The molecule has 3 N–H and O–H groups in total. The second-order valence-corrected chi connectivity index (χ2v) is 4.85. The molecule has 2 rings (SSSR count). The number of nitrogens with one attached hydrogen (secondary N) is 3. The minimum atomic E-state index is -0.572. The molecule has 7 heteroatoms. The number of rotatable bonds is 5. The summed E-state index contributed by atoms with van der Waals surface area (Å²) in [5.41, 5.74) is 9.87. The van der Waals surface area contributed by atoms with Gasteiger partial charge in [-0.1, -0.05) is 29.8 Å². The van der Waals surface area contributed by atoms with Crippen LogP contribution in [-0.4, -0.2) is 18.4 Å². The van der Waals surface area contributed by atoms with Crippen LogP contribution in [0.25, 0.3) is 0 Å². The van der Waals surface area contributed by atoms with E-state index in [-0.39, 0.29) is 12.4 Å². The van der Waals surface area contributed by atoms with E-state index in [1.54, 1.807) is 31.2 Å². The van der Waals surface area contributed by atoms with Crippen molar-refractivity contribution >= 4 is 34.8 Å². The molecule has 0 atom stereocenters. The van der Waals surface area contributed by atoms with Crippen LogP contribution < -0.4 is 16.3 Å². The molecule has 0 fully saturated rings. The molecule has 0 unspecified atom stereocenters. The van der Waals surface area contributed by atoms with Crippen LogP contribution in [0.3, 0.4) is 0 Å². The van der Waals surface area contributed by atoms with Gasteiger partial charge in [-0.25, -0.2) is 4.79 Å². The van der Waals surface area contributed by atoms with Gasteiger partial charge in [0.05, 0.1) is 18.0 Å². The van der Waals surface area contributed by atoms with Crippen molar-refractivity contribution in [3.05, 3.63) is 59.6 Å². The molecule has 0 amide bonds. The van der Waals surface area contributed by atoms with Crippen LogP contribution in [0.4, 0.5) is 11.4 Å². The monoisotopic (exact) mass is 332 g/mol. The Morgan fingerprint density at radius 3 is 2.43 bits per heavy atom. The predicted octanol–water partition coefficient (Wildman–Crippen LogP) is 3.25. The molecule has 0 saturated heterocycles. The summed E-state index contributed by atoms with van der Waals surface area (Å²) < 4.78 is 4.97. The molecule has 120 valence electrons. The number of carbonyl (C=O) groups excluding carboxylic acids is 1.